The molecule has 6 nitrogen and oxygen atoms in total. The first-order valence-electron chi connectivity index (χ1n) is 5.99. The first-order valence-corrected chi connectivity index (χ1v) is 7.64. The predicted molar refractivity (Wildman–Crippen MR) is 64.6 cm³/mol. The topological polar surface area (TPSA) is 92.7 Å². The molecule has 0 aromatic heterocycles. The van der Waals surface area contributed by atoms with Gasteiger partial charge in [0.05, 0.1) is 17.8 Å². The van der Waals surface area contributed by atoms with Crippen molar-refractivity contribution in [3.05, 3.63) is 12.2 Å². The summed E-state index contributed by atoms with van der Waals surface area (Å²) in [4.78, 5) is 10.7. The van der Waals surface area contributed by atoms with Crippen molar-refractivity contribution < 1.29 is 23.1 Å². The maximum Gasteiger partial charge on any atom is 0.310 e. The van der Waals surface area contributed by atoms with Gasteiger partial charge in [0.15, 0.2) is 0 Å². The number of ether oxygens (including phenoxy) is 1. The molecule has 3 atom stereocenters. The fourth-order valence-electron chi connectivity index (χ4n) is 2.27. The molecule has 102 valence electrons. The molecule has 2 N–H and O–H groups in total. The van der Waals surface area contributed by atoms with E-state index in [1.165, 1.54) is 6.08 Å². The summed E-state index contributed by atoms with van der Waals surface area (Å²) < 4.78 is 31.5. The van der Waals surface area contributed by atoms with Gasteiger partial charge in [-0.3, -0.25) is 4.79 Å². The average molecular weight is 275 g/mol. The van der Waals surface area contributed by atoms with Crippen LogP contribution in [0, 0.1) is 5.92 Å². The Morgan fingerprint density at radius 3 is 2.78 bits per heavy atom. The maximum atomic E-state index is 11.8. The van der Waals surface area contributed by atoms with Crippen molar-refractivity contribution >= 4 is 16.0 Å². The molecule has 1 heterocycles. The zero-order valence-electron chi connectivity index (χ0n) is 9.91. The van der Waals surface area contributed by atoms with Crippen molar-refractivity contribution in [3.8, 4) is 0 Å². The van der Waals surface area contributed by atoms with E-state index in [1.807, 2.05) is 0 Å². The van der Waals surface area contributed by atoms with Crippen LogP contribution in [-0.4, -0.2) is 44.0 Å². The first kappa shape index (κ1) is 13.5. The molecule has 7 heteroatoms. The first-order chi connectivity index (χ1) is 8.46. The number of carboxylic acids is 1. The summed E-state index contributed by atoms with van der Waals surface area (Å²) in [5, 5.41) is 8.81. The van der Waals surface area contributed by atoms with Crippen LogP contribution in [0.3, 0.4) is 0 Å². The molecule has 0 bridgehead atoms. The second-order valence-electron chi connectivity index (χ2n) is 4.71. The Balaban J connectivity index is 1.85. The number of aliphatic carboxylic acids is 1. The third kappa shape index (κ3) is 3.54. The number of hydrogen-bond acceptors (Lipinski definition) is 4. The molecule has 0 radical (unpaired) electrons. The van der Waals surface area contributed by atoms with Crippen LogP contribution in [0.25, 0.3) is 0 Å². The average Bonchev–Trinajstić information content (AvgIpc) is 2.87. The highest BCUT2D eigenvalue weighted by Crippen LogP contribution is 2.19. The molecule has 0 aromatic carbocycles. The van der Waals surface area contributed by atoms with E-state index in [0.29, 0.717) is 6.61 Å². The van der Waals surface area contributed by atoms with E-state index < -0.39 is 28.0 Å². The highest BCUT2D eigenvalue weighted by Gasteiger charge is 2.29. The van der Waals surface area contributed by atoms with E-state index in [0.717, 1.165) is 12.8 Å². The molecule has 0 saturated carbocycles. The lowest BCUT2D eigenvalue weighted by Crippen LogP contribution is -2.38. The Morgan fingerprint density at radius 2 is 2.22 bits per heavy atom. The van der Waals surface area contributed by atoms with Gasteiger partial charge in [0.1, 0.15) is 0 Å². The maximum absolute atomic E-state index is 11.8. The molecule has 0 aromatic rings. The Morgan fingerprint density at radius 1 is 1.44 bits per heavy atom. The van der Waals surface area contributed by atoms with Gasteiger partial charge in [-0.25, -0.2) is 13.1 Å². The Kier molecular flexibility index (Phi) is 4.04. The standard InChI is InChI=1S/C11H17NO5S/c13-11(14)8-3-4-9(6-8)12-18(15,16)7-10-2-1-5-17-10/h3-4,8-10,12H,1-2,5-7H2,(H,13,14). The smallest absolute Gasteiger partial charge is 0.310 e. The van der Waals surface area contributed by atoms with Crippen molar-refractivity contribution in [3.63, 3.8) is 0 Å². The van der Waals surface area contributed by atoms with E-state index in [2.05, 4.69) is 4.72 Å². The molecule has 1 saturated heterocycles. The van der Waals surface area contributed by atoms with Crippen molar-refractivity contribution in [2.75, 3.05) is 12.4 Å². The highest BCUT2D eigenvalue weighted by atomic mass is 32.2. The van der Waals surface area contributed by atoms with Crippen LogP contribution in [-0.2, 0) is 19.6 Å². The van der Waals surface area contributed by atoms with Gasteiger partial charge in [0, 0.05) is 12.6 Å². The second kappa shape index (κ2) is 5.38. The number of carboxylic acid groups (broad SMARTS) is 1. The summed E-state index contributed by atoms with van der Waals surface area (Å²) in [5.41, 5.74) is 0. The lowest BCUT2D eigenvalue weighted by atomic mass is 10.1. The quantitative estimate of drug-likeness (QED) is 0.695. The zero-order valence-corrected chi connectivity index (χ0v) is 10.7. The fourth-order valence-corrected chi connectivity index (χ4v) is 3.75. The van der Waals surface area contributed by atoms with Crippen LogP contribution in [0.5, 0.6) is 0 Å². The fraction of sp³-hybridized carbons (Fsp3) is 0.727. The summed E-state index contributed by atoms with van der Waals surface area (Å²) in [7, 11) is -3.42. The van der Waals surface area contributed by atoms with Gasteiger partial charge >= 0.3 is 5.97 Å². The molecule has 18 heavy (non-hydrogen) atoms. The number of sulfonamides is 1. The molecule has 3 unspecified atom stereocenters. The Hall–Kier alpha value is -0.920. The van der Waals surface area contributed by atoms with Crippen molar-refractivity contribution in [1.29, 1.82) is 0 Å². The van der Waals surface area contributed by atoms with Crippen LogP contribution < -0.4 is 4.72 Å². The minimum absolute atomic E-state index is 0.0465. The Labute approximate surface area is 106 Å². The summed E-state index contributed by atoms with van der Waals surface area (Å²) in [6, 6.07) is -0.419. The number of nitrogens with one attached hydrogen (secondary N) is 1. The monoisotopic (exact) mass is 275 g/mol. The van der Waals surface area contributed by atoms with Crippen LogP contribution >= 0.6 is 0 Å². The van der Waals surface area contributed by atoms with Gasteiger partial charge in [-0.1, -0.05) is 12.2 Å². The van der Waals surface area contributed by atoms with Crippen molar-refractivity contribution in [1.82, 2.24) is 4.72 Å². The molecule has 1 fully saturated rings. The molecule has 0 spiro atoms. The Bertz CT molecular complexity index is 438. The van der Waals surface area contributed by atoms with Gasteiger partial charge < -0.3 is 9.84 Å². The SMILES string of the molecule is O=C(O)C1C=CC(NS(=O)(=O)CC2CCCO2)C1. The molecule has 1 aliphatic carbocycles. The lowest BCUT2D eigenvalue weighted by Gasteiger charge is -2.15. The predicted octanol–water partition coefficient (Wildman–Crippen LogP) is 0.114. The van der Waals surface area contributed by atoms with Crippen molar-refractivity contribution in [2.45, 2.75) is 31.4 Å². The third-order valence-corrected chi connectivity index (χ3v) is 4.63. The summed E-state index contributed by atoms with van der Waals surface area (Å²) in [5.74, 6) is -1.57. The van der Waals surface area contributed by atoms with Gasteiger partial charge in [-0.05, 0) is 19.3 Å². The summed E-state index contributed by atoms with van der Waals surface area (Å²) in [6.07, 6.45) is 4.83. The number of rotatable bonds is 5. The lowest BCUT2D eigenvalue weighted by molar-refractivity contribution is -0.140. The van der Waals surface area contributed by atoms with Gasteiger partial charge in [-0.15, -0.1) is 0 Å². The molecular formula is C11H17NO5S. The van der Waals surface area contributed by atoms with Gasteiger partial charge in [-0.2, -0.15) is 0 Å². The van der Waals surface area contributed by atoms with Crippen LogP contribution in [0.1, 0.15) is 19.3 Å². The third-order valence-electron chi connectivity index (χ3n) is 3.16. The van der Waals surface area contributed by atoms with Crippen LogP contribution in [0.15, 0.2) is 12.2 Å². The van der Waals surface area contributed by atoms with Crippen molar-refractivity contribution in [2.24, 2.45) is 5.92 Å². The molecule has 2 aliphatic rings. The summed E-state index contributed by atoms with van der Waals surface area (Å²) in [6.45, 7) is 0.616. The van der Waals surface area contributed by atoms with Gasteiger partial charge in [0.25, 0.3) is 0 Å². The normalized spacial score (nSPS) is 31.9. The highest BCUT2D eigenvalue weighted by molar-refractivity contribution is 7.89. The van der Waals surface area contributed by atoms with E-state index in [4.69, 9.17) is 9.84 Å². The van der Waals surface area contributed by atoms with Gasteiger partial charge in [0.2, 0.25) is 10.0 Å². The van der Waals surface area contributed by atoms with Crippen LogP contribution in [0.2, 0.25) is 0 Å². The summed E-state index contributed by atoms with van der Waals surface area (Å²) >= 11 is 0. The number of hydrogen-bond donors (Lipinski definition) is 2. The second-order valence-corrected chi connectivity index (χ2v) is 6.50. The minimum Gasteiger partial charge on any atom is -0.481 e. The largest absolute Gasteiger partial charge is 0.481 e. The van der Waals surface area contributed by atoms with E-state index >= 15 is 0 Å². The molecule has 2 rings (SSSR count). The van der Waals surface area contributed by atoms with Crippen LogP contribution in [0.4, 0.5) is 0 Å². The molecule has 0 amide bonds. The minimum atomic E-state index is -3.42. The zero-order chi connectivity index (χ0) is 13.2. The molecule has 1 aliphatic heterocycles. The van der Waals surface area contributed by atoms with E-state index in [1.54, 1.807) is 6.08 Å². The van der Waals surface area contributed by atoms with E-state index in [-0.39, 0.29) is 18.3 Å². The number of carbonyl (C=O) groups is 1. The van der Waals surface area contributed by atoms with E-state index in [9.17, 15) is 13.2 Å². The molecular weight excluding hydrogens is 258 g/mol.